The Balaban J connectivity index is 1.57. The third-order valence-corrected chi connectivity index (χ3v) is 8.35. The molecule has 6 nitrogen and oxygen atoms in total. The van der Waals surface area contributed by atoms with Crippen LogP contribution in [0, 0.1) is 0 Å². The van der Waals surface area contributed by atoms with E-state index in [2.05, 4.69) is 34.3 Å². The van der Waals surface area contributed by atoms with Gasteiger partial charge in [0.05, 0.1) is 11.5 Å². The molecular formula is C24H30N4O2S. The zero-order valence-corrected chi connectivity index (χ0v) is 19.1. The smallest absolute Gasteiger partial charge is 0.254 e. The predicted molar refractivity (Wildman–Crippen MR) is 121 cm³/mol. The van der Waals surface area contributed by atoms with Crippen molar-refractivity contribution in [2.24, 2.45) is 0 Å². The third-order valence-electron chi connectivity index (χ3n) is 7.35. The molecule has 3 aliphatic rings. The molecule has 0 radical (unpaired) electrons. The molecule has 31 heavy (non-hydrogen) atoms. The molecule has 1 aromatic carbocycles. The fraction of sp³-hybridized carbons (Fsp3) is 0.583. The van der Waals surface area contributed by atoms with E-state index in [9.17, 15) is 9.59 Å². The van der Waals surface area contributed by atoms with Crippen molar-refractivity contribution >= 4 is 28.3 Å². The van der Waals surface area contributed by atoms with Crippen molar-refractivity contribution in [1.82, 2.24) is 15.1 Å². The third kappa shape index (κ3) is 3.47. The summed E-state index contributed by atoms with van der Waals surface area (Å²) in [5, 5.41) is 13.2. The van der Waals surface area contributed by atoms with Crippen LogP contribution in [0.25, 0.3) is 0 Å². The van der Waals surface area contributed by atoms with Gasteiger partial charge in [-0.1, -0.05) is 55.7 Å². The summed E-state index contributed by atoms with van der Waals surface area (Å²) in [5.41, 5.74) is 1.04. The number of amides is 2. The Morgan fingerprint density at radius 3 is 2.68 bits per heavy atom. The summed E-state index contributed by atoms with van der Waals surface area (Å²) in [6, 6.07) is 7.76. The van der Waals surface area contributed by atoms with Crippen LogP contribution in [0.3, 0.4) is 0 Å². The van der Waals surface area contributed by atoms with Gasteiger partial charge in [-0.15, -0.1) is 10.2 Å². The first kappa shape index (κ1) is 20.6. The molecule has 0 bridgehead atoms. The van der Waals surface area contributed by atoms with E-state index in [0.717, 1.165) is 61.9 Å². The highest BCUT2D eigenvalue weighted by molar-refractivity contribution is 7.15. The van der Waals surface area contributed by atoms with E-state index in [1.807, 2.05) is 24.3 Å². The standard InChI is InChI=1S/C24H30N4O2S/c1-3-15(2)28-22(30)18-10-6-5-9-17(18)19(24(28)13-7-4-8-14-24)20(29)25-23-27-26-21(31-23)16-11-12-16/h5-6,9-10,15-16,19H,3-4,7-8,11-14H2,1-2H3,(H,25,27,29). The van der Waals surface area contributed by atoms with E-state index in [-0.39, 0.29) is 17.9 Å². The van der Waals surface area contributed by atoms with Gasteiger partial charge in [0.15, 0.2) is 0 Å². The zero-order chi connectivity index (χ0) is 21.6. The molecule has 2 saturated carbocycles. The number of nitrogens with zero attached hydrogens (tertiary/aromatic N) is 3. The number of carbonyl (C=O) groups is 2. The van der Waals surface area contributed by atoms with Gasteiger partial charge in [0.25, 0.3) is 5.91 Å². The average molecular weight is 439 g/mol. The first-order chi connectivity index (χ1) is 15.0. The minimum atomic E-state index is -0.479. The fourth-order valence-corrected chi connectivity index (χ4v) is 6.48. The molecule has 5 rings (SSSR count). The molecule has 0 saturated heterocycles. The Hall–Kier alpha value is -2.28. The number of rotatable bonds is 5. The predicted octanol–water partition coefficient (Wildman–Crippen LogP) is 5.10. The highest BCUT2D eigenvalue weighted by Gasteiger charge is 2.55. The quantitative estimate of drug-likeness (QED) is 0.705. The van der Waals surface area contributed by atoms with E-state index in [0.29, 0.717) is 16.6 Å². The van der Waals surface area contributed by atoms with Crippen LogP contribution in [0.5, 0.6) is 0 Å². The Kier molecular flexibility index (Phi) is 5.32. The molecule has 2 aliphatic carbocycles. The highest BCUT2D eigenvalue weighted by Crippen LogP contribution is 2.51. The van der Waals surface area contributed by atoms with Gasteiger partial charge < -0.3 is 4.90 Å². The van der Waals surface area contributed by atoms with Crippen LogP contribution >= 0.6 is 11.3 Å². The maximum atomic E-state index is 13.9. The van der Waals surface area contributed by atoms with Crippen molar-refractivity contribution in [3.63, 3.8) is 0 Å². The lowest BCUT2D eigenvalue weighted by Crippen LogP contribution is -2.64. The monoisotopic (exact) mass is 438 g/mol. The van der Waals surface area contributed by atoms with Crippen molar-refractivity contribution in [3.8, 4) is 0 Å². The number of carbonyl (C=O) groups excluding carboxylic acids is 2. The number of anilines is 1. The SMILES string of the molecule is CCC(C)N1C(=O)c2ccccc2C(C(=O)Nc2nnc(C3CC3)s2)C12CCCCC2. The van der Waals surface area contributed by atoms with Crippen molar-refractivity contribution in [1.29, 1.82) is 0 Å². The van der Waals surface area contributed by atoms with E-state index >= 15 is 0 Å². The lowest BCUT2D eigenvalue weighted by atomic mass is 9.64. The van der Waals surface area contributed by atoms with Gasteiger partial charge in [-0.05, 0) is 50.7 Å². The first-order valence-corrected chi connectivity index (χ1v) is 12.4. The maximum Gasteiger partial charge on any atom is 0.254 e. The normalized spacial score (nSPS) is 23.5. The molecule has 2 atom stereocenters. The van der Waals surface area contributed by atoms with Crippen LogP contribution in [0.4, 0.5) is 5.13 Å². The van der Waals surface area contributed by atoms with Crippen molar-refractivity contribution in [2.45, 2.75) is 88.6 Å². The molecule has 2 unspecified atom stereocenters. The summed E-state index contributed by atoms with van der Waals surface area (Å²) >= 11 is 1.49. The summed E-state index contributed by atoms with van der Waals surface area (Å²) in [6.45, 7) is 4.23. The number of fused-ring (bicyclic) bond motifs is 1. The second-order valence-corrected chi connectivity index (χ2v) is 10.3. The minimum Gasteiger partial charge on any atom is -0.329 e. The molecule has 2 aromatic rings. The summed E-state index contributed by atoms with van der Waals surface area (Å²) in [7, 11) is 0. The minimum absolute atomic E-state index is 0.0614. The van der Waals surface area contributed by atoms with Crippen LogP contribution in [0.15, 0.2) is 24.3 Å². The van der Waals surface area contributed by atoms with E-state index in [4.69, 9.17) is 0 Å². The van der Waals surface area contributed by atoms with Gasteiger partial charge in [-0.2, -0.15) is 0 Å². The van der Waals surface area contributed by atoms with Crippen LogP contribution in [0.2, 0.25) is 0 Å². The fourth-order valence-electron chi connectivity index (χ4n) is 5.56. The van der Waals surface area contributed by atoms with Crippen LogP contribution < -0.4 is 5.32 Å². The lowest BCUT2D eigenvalue weighted by molar-refractivity contribution is -0.122. The Bertz CT molecular complexity index is 993. The largest absolute Gasteiger partial charge is 0.329 e. The van der Waals surface area contributed by atoms with Crippen molar-refractivity contribution in [2.75, 3.05) is 5.32 Å². The van der Waals surface area contributed by atoms with E-state index < -0.39 is 11.5 Å². The maximum absolute atomic E-state index is 13.9. The summed E-state index contributed by atoms with van der Waals surface area (Å²) in [4.78, 5) is 29.6. The van der Waals surface area contributed by atoms with Crippen molar-refractivity contribution in [3.05, 3.63) is 40.4 Å². The van der Waals surface area contributed by atoms with Crippen LogP contribution in [0.1, 0.15) is 98.0 Å². The number of hydrogen-bond donors (Lipinski definition) is 1. The molecule has 7 heteroatoms. The molecule has 1 aliphatic heterocycles. The first-order valence-electron chi connectivity index (χ1n) is 11.6. The molecular weight excluding hydrogens is 408 g/mol. The number of hydrogen-bond acceptors (Lipinski definition) is 5. The number of benzene rings is 1. The molecule has 2 heterocycles. The lowest BCUT2D eigenvalue weighted by Gasteiger charge is -2.55. The van der Waals surface area contributed by atoms with E-state index in [1.54, 1.807) is 0 Å². The van der Waals surface area contributed by atoms with Gasteiger partial charge in [-0.25, -0.2) is 0 Å². The number of nitrogens with one attached hydrogen (secondary N) is 1. The molecule has 164 valence electrons. The van der Waals surface area contributed by atoms with Crippen molar-refractivity contribution < 1.29 is 9.59 Å². The molecule has 2 fully saturated rings. The van der Waals surface area contributed by atoms with E-state index in [1.165, 1.54) is 11.3 Å². The van der Waals surface area contributed by atoms with Gasteiger partial charge in [0, 0.05) is 17.5 Å². The summed E-state index contributed by atoms with van der Waals surface area (Å²) < 4.78 is 0. The van der Waals surface area contributed by atoms with Gasteiger partial charge in [0.2, 0.25) is 11.0 Å². The van der Waals surface area contributed by atoms with Crippen LogP contribution in [-0.4, -0.2) is 38.5 Å². The number of aromatic nitrogens is 2. The average Bonchev–Trinajstić information content (AvgIpc) is 3.53. The summed E-state index contributed by atoms with van der Waals surface area (Å²) in [6.07, 6.45) is 8.14. The Labute approximate surface area is 187 Å². The van der Waals surface area contributed by atoms with Crippen LogP contribution in [-0.2, 0) is 4.79 Å². The molecule has 1 aromatic heterocycles. The van der Waals surface area contributed by atoms with Gasteiger partial charge >= 0.3 is 0 Å². The Morgan fingerprint density at radius 1 is 1.23 bits per heavy atom. The van der Waals surface area contributed by atoms with Gasteiger partial charge in [0.1, 0.15) is 5.01 Å². The van der Waals surface area contributed by atoms with Gasteiger partial charge in [-0.3, -0.25) is 14.9 Å². The summed E-state index contributed by atoms with van der Waals surface area (Å²) in [5.74, 6) is 0.127. The molecule has 2 amide bonds. The topological polar surface area (TPSA) is 75.2 Å². The zero-order valence-electron chi connectivity index (χ0n) is 18.3. The second kappa shape index (κ2) is 8.01. The Morgan fingerprint density at radius 2 is 1.97 bits per heavy atom. The molecule has 1 N–H and O–H groups in total. The molecule has 1 spiro atoms. The highest BCUT2D eigenvalue weighted by atomic mass is 32.1. The second-order valence-electron chi connectivity index (χ2n) is 9.33.